The predicted molar refractivity (Wildman–Crippen MR) is 56.5 cm³/mol. The Balaban J connectivity index is 3.79. The molecule has 0 saturated heterocycles. The molecule has 0 amide bonds. The highest BCUT2D eigenvalue weighted by Gasteiger charge is 1.85. The van der Waals surface area contributed by atoms with Gasteiger partial charge in [0, 0.05) is 5.38 Å². The maximum Gasteiger partial charge on any atom is 0.0867 e. The molecule has 0 rings (SSSR count). The van der Waals surface area contributed by atoms with Gasteiger partial charge in [0.05, 0.1) is 5.03 Å². The molecule has 0 aliphatic heterocycles. The monoisotopic (exact) mass is 202 g/mol. The molecular weight excluding hydrogens is 191 g/mol. The van der Waals surface area contributed by atoms with E-state index in [1.54, 1.807) is 6.92 Å². The van der Waals surface area contributed by atoms with E-state index in [9.17, 15) is 0 Å². The predicted octanol–water partition coefficient (Wildman–Crippen LogP) is 3.71. The number of hydrogen-bond donors (Lipinski definition) is 0. The van der Waals surface area contributed by atoms with Crippen molar-refractivity contribution < 1.29 is 0 Å². The smallest absolute Gasteiger partial charge is 0.0867 e. The van der Waals surface area contributed by atoms with Gasteiger partial charge in [0.1, 0.15) is 0 Å². The van der Waals surface area contributed by atoms with Crippen molar-refractivity contribution in [2.24, 2.45) is 0 Å². The minimum atomic E-state index is 0.0782. The average Bonchev–Trinajstić information content (AvgIpc) is 1.98. The van der Waals surface area contributed by atoms with Crippen LogP contribution in [-0.2, 0) is 0 Å². The second kappa shape index (κ2) is 7.28. The summed E-state index contributed by atoms with van der Waals surface area (Å²) in [5.41, 5.74) is 0. The molecule has 66 valence electrons. The minimum Gasteiger partial charge on any atom is -0.119 e. The Bertz CT molecular complexity index is 226. The molecule has 1 atom stereocenters. The topological polar surface area (TPSA) is 0 Å². The Kier molecular flexibility index (Phi) is 7.05. The zero-order valence-corrected chi connectivity index (χ0v) is 8.78. The zero-order chi connectivity index (χ0) is 9.40. The first-order chi connectivity index (χ1) is 5.66. The summed E-state index contributed by atoms with van der Waals surface area (Å²) in [7, 11) is 0. The van der Waals surface area contributed by atoms with Gasteiger partial charge in [-0.15, -0.1) is 17.5 Å². The molecule has 0 aromatic heterocycles. The van der Waals surface area contributed by atoms with Crippen LogP contribution < -0.4 is 0 Å². The molecule has 0 aromatic carbocycles. The molecule has 0 N–H and O–H groups in total. The Morgan fingerprint density at radius 3 is 2.75 bits per heavy atom. The van der Waals surface area contributed by atoms with E-state index in [2.05, 4.69) is 11.8 Å². The Hall–Kier alpha value is -0.380. The van der Waals surface area contributed by atoms with Crippen molar-refractivity contribution in [2.45, 2.75) is 25.6 Å². The maximum atomic E-state index is 5.72. The third-order valence-electron chi connectivity index (χ3n) is 1.08. The standard InChI is InChI=1S/C10H12Cl2/c1-3-6-10(12)8-5-4-7-9(2)11/h4,7-9H,5H2,1-2H3/b7-4-,10-8+. The number of alkyl halides is 1. The van der Waals surface area contributed by atoms with Crippen LogP contribution in [0.4, 0.5) is 0 Å². The van der Waals surface area contributed by atoms with Gasteiger partial charge in [-0.25, -0.2) is 0 Å². The minimum absolute atomic E-state index is 0.0782. The van der Waals surface area contributed by atoms with Crippen LogP contribution in [0.15, 0.2) is 23.3 Å². The van der Waals surface area contributed by atoms with Crippen LogP contribution >= 0.6 is 23.2 Å². The lowest BCUT2D eigenvalue weighted by Crippen LogP contribution is -1.79. The molecule has 0 nitrogen and oxygen atoms in total. The first-order valence-electron chi connectivity index (χ1n) is 3.76. The van der Waals surface area contributed by atoms with E-state index in [0.29, 0.717) is 5.03 Å². The molecule has 12 heavy (non-hydrogen) atoms. The summed E-state index contributed by atoms with van der Waals surface area (Å²) in [5, 5.41) is 0.666. The van der Waals surface area contributed by atoms with Crippen molar-refractivity contribution in [1.82, 2.24) is 0 Å². The van der Waals surface area contributed by atoms with Crippen LogP contribution in [0.5, 0.6) is 0 Å². The molecule has 1 unspecified atom stereocenters. The molecule has 0 heterocycles. The van der Waals surface area contributed by atoms with E-state index in [4.69, 9.17) is 23.2 Å². The van der Waals surface area contributed by atoms with Crippen LogP contribution in [-0.4, -0.2) is 5.38 Å². The number of rotatable bonds is 3. The lowest BCUT2D eigenvalue weighted by atomic mass is 10.3. The van der Waals surface area contributed by atoms with Crippen molar-refractivity contribution in [3.05, 3.63) is 23.3 Å². The van der Waals surface area contributed by atoms with Gasteiger partial charge in [-0.05, 0) is 20.3 Å². The maximum absolute atomic E-state index is 5.72. The van der Waals surface area contributed by atoms with Gasteiger partial charge in [-0.3, -0.25) is 0 Å². The quantitative estimate of drug-likeness (QED) is 0.372. The van der Waals surface area contributed by atoms with E-state index in [1.165, 1.54) is 0 Å². The molecule has 0 aliphatic rings. The van der Waals surface area contributed by atoms with E-state index < -0.39 is 0 Å². The third-order valence-corrected chi connectivity index (χ3v) is 1.47. The summed E-state index contributed by atoms with van der Waals surface area (Å²) < 4.78 is 0. The molecule has 0 aliphatic carbocycles. The van der Waals surface area contributed by atoms with E-state index >= 15 is 0 Å². The largest absolute Gasteiger partial charge is 0.119 e. The van der Waals surface area contributed by atoms with Gasteiger partial charge in [-0.1, -0.05) is 35.7 Å². The summed E-state index contributed by atoms with van der Waals surface area (Å²) in [4.78, 5) is 0. The summed E-state index contributed by atoms with van der Waals surface area (Å²) in [6.45, 7) is 3.67. The number of hydrogen-bond acceptors (Lipinski definition) is 0. The van der Waals surface area contributed by atoms with Crippen molar-refractivity contribution in [2.75, 3.05) is 0 Å². The van der Waals surface area contributed by atoms with Crippen molar-refractivity contribution in [3.8, 4) is 11.8 Å². The lowest BCUT2D eigenvalue weighted by Gasteiger charge is -1.88. The van der Waals surface area contributed by atoms with Crippen molar-refractivity contribution in [1.29, 1.82) is 0 Å². The Labute approximate surface area is 84.3 Å². The number of allylic oxidation sites excluding steroid dienone is 4. The highest BCUT2D eigenvalue weighted by Crippen LogP contribution is 2.02. The summed E-state index contributed by atoms with van der Waals surface area (Å²) in [5.74, 6) is 5.46. The average molecular weight is 203 g/mol. The fourth-order valence-corrected chi connectivity index (χ4v) is 0.894. The summed E-state index contributed by atoms with van der Waals surface area (Å²) >= 11 is 11.4. The molecule has 0 fully saturated rings. The molecule has 0 aromatic rings. The molecule has 0 bridgehead atoms. The van der Waals surface area contributed by atoms with Crippen LogP contribution in [0.3, 0.4) is 0 Å². The van der Waals surface area contributed by atoms with Gasteiger partial charge in [0.2, 0.25) is 0 Å². The second-order valence-corrected chi connectivity index (χ2v) is 3.36. The van der Waals surface area contributed by atoms with Gasteiger partial charge < -0.3 is 0 Å². The second-order valence-electron chi connectivity index (χ2n) is 2.27. The number of halogens is 2. The van der Waals surface area contributed by atoms with E-state index in [1.807, 2.05) is 25.2 Å². The van der Waals surface area contributed by atoms with Crippen molar-refractivity contribution in [3.63, 3.8) is 0 Å². The molecular formula is C10H12Cl2. The third kappa shape index (κ3) is 7.72. The zero-order valence-electron chi connectivity index (χ0n) is 7.27. The van der Waals surface area contributed by atoms with E-state index in [0.717, 1.165) is 6.42 Å². The molecule has 0 saturated carbocycles. The van der Waals surface area contributed by atoms with Crippen molar-refractivity contribution >= 4 is 23.2 Å². The van der Waals surface area contributed by atoms with Gasteiger partial charge >= 0.3 is 0 Å². The van der Waals surface area contributed by atoms with Crippen LogP contribution in [0.1, 0.15) is 20.3 Å². The SMILES string of the molecule is CC#C/C(Cl)=C\C/C=C\C(C)Cl. The van der Waals surface area contributed by atoms with Gasteiger partial charge in [0.15, 0.2) is 0 Å². The summed E-state index contributed by atoms with van der Waals surface area (Å²) in [6.07, 6.45) is 6.53. The molecule has 0 radical (unpaired) electrons. The normalized spacial score (nSPS) is 14.2. The van der Waals surface area contributed by atoms with Gasteiger partial charge in [0.25, 0.3) is 0 Å². The highest BCUT2D eigenvalue weighted by molar-refractivity contribution is 6.32. The highest BCUT2D eigenvalue weighted by atomic mass is 35.5. The first kappa shape index (κ1) is 11.6. The Morgan fingerprint density at radius 2 is 2.25 bits per heavy atom. The van der Waals surface area contributed by atoms with E-state index in [-0.39, 0.29) is 5.38 Å². The summed E-state index contributed by atoms with van der Waals surface area (Å²) in [6, 6.07) is 0. The van der Waals surface area contributed by atoms with Crippen LogP contribution in [0.25, 0.3) is 0 Å². The van der Waals surface area contributed by atoms with Gasteiger partial charge in [-0.2, -0.15) is 0 Å². The fraction of sp³-hybridized carbons (Fsp3) is 0.400. The first-order valence-corrected chi connectivity index (χ1v) is 4.57. The fourth-order valence-electron chi connectivity index (χ4n) is 0.608. The van der Waals surface area contributed by atoms with Crippen LogP contribution in [0, 0.1) is 11.8 Å². The Morgan fingerprint density at radius 1 is 1.58 bits per heavy atom. The van der Waals surface area contributed by atoms with Crippen LogP contribution in [0.2, 0.25) is 0 Å². The lowest BCUT2D eigenvalue weighted by molar-refractivity contribution is 1.20. The molecule has 2 heteroatoms. The molecule has 0 spiro atoms.